The van der Waals surface area contributed by atoms with Crippen LogP contribution in [0.2, 0.25) is 0 Å². The van der Waals surface area contributed by atoms with Gasteiger partial charge in [0.1, 0.15) is 5.82 Å². The second kappa shape index (κ2) is 5.69. The van der Waals surface area contributed by atoms with Gasteiger partial charge in [-0.3, -0.25) is 4.79 Å². The number of amides is 1. The number of H-pyrrole nitrogens is 1. The molecule has 0 aliphatic carbocycles. The van der Waals surface area contributed by atoms with Crippen LogP contribution >= 0.6 is 15.9 Å². The van der Waals surface area contributed by atoms with Crippen LogP contribution in [0.4, 0.5) is 10.1 Å². The van der Waals surface area contributed by atoms with Gasteiger partial charge in [-0.1, -0.05) is 22.0 Å². The number of carbonyl (C=O) groups is 1. The maximum atomic E-state index is 13.1. The molecule has 0 saturated heterocycles. The number of fused-ring (bicyclic) bond motifs is 1. The molecule has 1 amide bonds. The molecule has 5 heteroatoms. The highest BCUT2D eigenvalue weighted by atomic mass is 79.9. The fraction of sp³-hybridized carbons (Fsp3) is 0.0625. The lowest BCUT2D eigenvalue weighted by Crippen LogP contribution is -2.14. The van der Waals surface area contributed by atoms with Crippen molar-refractivity contribution >= 4 is 38.4 Å². The van der Waals surface area contributed by atoms with E-state index in [2.05, 4.69) is 26.2 Å². The zero-order chi connectivity index (χ0) is 14.8. The van der Waals surface area contributed by atoms with Gasteiger partial charge in [0.05, 0.1) is 6.42 Å². The minimum absolute atomic E-state index is 0.113. The second-order valence-corrected chi connectivity index (χ2v) is 5.65. The van der Waals surface area contributed by atoms with Gasteiger partial charge in [0, 0.05) is 27.3 Å². The minimum atomic E-state index is -0.297. The van der Waals surface area contributed by atoms with Crippen LogP contribution in [0.1, 0.15) is 5.56 Å². The molecule has 106 valence electrons. The van der Waals surface area contributed by atoms with Crippen molar-refractivity contribution in [3.8, 4) is 0 Å². The highest BCUT2D eigenvalue weighted by molar-refractivity contribution is 9.10. The number of hydrogen-bond donors (Lipinski definition) is 2. The zero-order valence-corrected chi connectivity index (χ0v) is 12.6. The van der Waals surface area contributed by atoms with Crippen molar-refractivity contribution in [3.05, 3.63) is 64.5 Å². The number of benzene rings is 2. The van der Waals surface area contributed by atoms with Gasteiger partial charge in [-0.15, -0.1) is 0 Å². The summed E-state index contributed by atoms with van der Waals surface area (Å²) in [5.41, 5.74) is 2.28. The molecule has 0 aliphatic rings. The van der Waals surface area contributed by atoms with Crippen molar-refractivity contribution in [2.24, 2.45) is 0 Å². The van der Waals surface area contributed by atoms with Crippen LogP contribution in [0.15, 0.2) is 53.1 Å². The SMILES string of the molecule is O=C(Cc1c[nH]c2cc(F)ccc12)Nc1cccc(Br)c1. The summed E-state index contributed by atoms with van der Waals surface area (Å²) in [6.07, 6.45) is 1.97. The first-order valence-electron chi connectivity index (χ1n) is 6.43. The molecule has 2 aromatic carbocycles. The largest absolute Gasteiger partial charge is 0.361 e. The summed E-state index contributed by atoms with van der Waals surface area (Å²) in [6, 6.07) is 11.9. The normalized spacial score (nSPS) is 10.8. The van der Waals surface area contributed by atoms with Gasteiger partial charge in [-0.05, 0) is 42.0 Å². The lowest BCUT2D eigenvalue weighted by molar-refractivity contribution is -0.115. The summed E-state index contributed by atoms with van der Waals surface area (Å²) >= 11 is 3.36. The van der Waals surface area contributed by atoms with Crippen molar-refractivity contribution in [1.82, 2.24) is 4.98 Å². The zero-order valence-electron chi connectivity index (χ0n) is 11.0. The molecular weight excluding hydrogens is 335 g/mol. The fourth-order valence-electron chi connectivity index (χ4n) is 2.25. The van der Waals surface area contributed by atoms with Crippen molar-refractivity contribution < 1.29 is 9.18 Å². The van der Waals surface area contributed by atoms with Crippen molar-refractivity contribution in [3.63, 3.8) is 0 Å². The molecule has 1 heterocycles. The highest BCUT2D eigenvalue weighted by Gasteiger charge is 2.09. The first-order chi connectivity index (χ1) is 10.1. The molecular formula is C16H12BrFN2O. The predicted molar refractivity (Wildman–Crippen MR) is 84.7 cm³/mol. The van der Waals surface area contributed by atoms with Crippen LogP contribution < -0.4 is 5.32 Å². The average Bonchev–Trinajstić information content (AvgIpc) is 2.81. The maximum Gasteiger partial charge on any atom is 0.228 e. The molecule has 0 spiro atoms. The van der Waals surface area contributed by atoms with E-state index in [0.717, 1.165) is 21.1 Å². The molecule has 3 aromatic rings. The molecule has 0 atom stereocenters. The number of nitrogens with one attached hydrogen (secondary N) is 2. The van der Waals surface area contributed by atoms with Crippen LogP contribution in [0, 0.1) is 5.82 Å². The van der Waals surface area contributed by atoms with Gasteiger partial charge in [-0.2, -0.15) is 0 Å². The Balaban J connectivity index is 1.77. The molecule has 0 fully saturated rings. The van der Waals surface area contributed by atoms with E-state index in [1.807, 2.05) is 24.3 Å². The Bertz CT molecular complexity index is 813. The first kappa shape index (κ1) is 13.8. The molecule has 0 radical (unpaired) electrons. The molecule has 0 bridgehead atoms. The van der Waals surface area contributed by atoms with Crippen molar-refractivity contribution in [1.29, 1.82) is 0 Å². The van der Waals surface area contributed by atoms with Gasteiger partial charge in [-0.25, -0.2) is 4.39 Å². The number of halogens is 2. The van der Waals surface area contributed by atoms with Crippen LogP contribution in [-0.2, 0) is 11.2 Å². The molecule has 2 N–H and O–H groups in total. The number of aromatic amines is 1. The predicted octanol–water partition coefficient (Wildman–Crippen LogP) is 4.25. The summed E-state index contributed by atoms with van der Waals surface area (Å²) in [5.74, 6) is -0.409. The Labute approximate surface area is 129 Å². The van der Waals surface area contributed by atoms with Gasteiger partial charge < -0.3 is 10.3 Å². The maximum absolute atomic E-state index is 13.1. The van der Waals surface area contributed by atoms with Crippen molar-refractivity contribution in [2.45, 2.75) is 6.42 Å². The van der Waals surface area contributed by atoms with E-state index < -0.39 is 0 Å². The quantitative estimate of drug-likeness (QED) is 0.731. The van der Waals surface area contributed by atoms with Crippen LogP contribution in [-0.4, -0.2) is 10.9 Å². The lowest BCUT2D eigenvalue weighted by atomic mass is 10.1. The first-order valence-corrected chi connectivity index (χ1v) is 7.22. The summed E-state index contributed by atoms with van der Waals surface area (Å²) in [4.78, 5) is 15.1. The van der Waals surface area contributed by atoms with Crippen LogP contribution in [0.25, 0.3) is 10.9 Å². The van der Waals surface area contributed by atoms with E-state index in [0.29, 0.717) is 5.52 Å². The molecule has 0 unspecified atom stereocenters. The Morgan fingerprint density at radius 1 is 1.24 bits per heavy atom. The summed E-state index contributed by atoms with van der Waals surface area (Å²) < 4.78 is 14.0. The Morgan fingerprint density at radius 2 is 2.10 bits per heavy atom. The van der Waals surface area contributed by atoms with Crippen molar-refractivity contribution in [2.75, 3.05) is 5.32 Å². The lowest BCUT2D eigenvalue weighted by Gasteiger charge is -2.05. The standard InChI is InChI=1S/C16H12BrFN2O/c17-11-2-1-3-13(7-11)20-16(21)6-10-9-19-15-8-12(18)4-5-14(10)15/h1-5,7-9,19H,6H2,(H,20,21). The monoisotopic (exact) mass is 346 g/mol. The topological polar surface area (TPSA) is 44.9 Å². The van der Waals surface area contributed by atoms with Crippen LogP contribution in [0.5, 0.6) is 0 Å². The molecule has 21 heavy (non-hydrogen) atoms. The number of hydrogen-bond acceptors (Lipinski definition) is 1. The van der Waals surface area contributed by atoms with E-state index in [4.69, 9.17) is 0 Å². The minimum Gasteiger partial charge on any atom is -0.361 e. The van der Waals surface area contributed by atoms with Gasteiger partial charge in [0.25, 0.3) is 0 Å². The Kier molecular flexibility index (Phi) is 3.75. The third kappa shape index (κ3) is 3.13. The molecule has 1 aromatic heterocycles. The Hall–Kier alpha value is -2.14. The third-order valence-corrected chi connectivity index (χ3v) is 3.68. The molecule has 3 rings (SSSR count). The van der Waals surface area contributed by atoms with E-state index >= 15 is 0 Å². The fourth-order valence-corrected chi connectivity index (χ4v) is 2.65. The van der Waals surface area contributed by atoms with Crippen LogP contribution in [0.3, 0.4) is 0 Å². The average molecular weight is 347 g/mol. The summed E-state index contributed by atoms with van der Waals surface area (Å²) in [5, 5.41) is 3.70. The number of rotatable bonds is 3. The molecule has 3 nitrogen and oxygen atoms in total. The summed E-state index contributed by atoms with van der Waals surface area (Å²) in [7, 11) is 0. The van der Waals surface area contributed by atoms with E-state index in [1.54, 1.807) is 12.3 Å². The van der Waals surface area contributed by atoms with E-state index in [9.17, 15) is 9.18 Å². The molecule has 0 aliphatic heterocycles. The van der Waals surface area contributed by atoms with Gasteiger partial charge >= 0.3 is 0 Å². The number of aromatic nitrogens is 1. The van der Waals surface area contributed by atoms with Gasteiger partial charge in [0.15, 0.2) is 0 Å². The second-order valence-electron chi connectivity index (χ2n) is 4.74. The number of anilines is 1. The number of carbonyl (C=O) groups excluding carboxylic acids is 1. The highest BCUT2D eigenvalue weighted by Crippen LogP contribution is 2.21. The summed E-state index contributed by atoms with van der Waals surface area (Å²) in [6.45, 7) is 0. The Morgan fingerprint density at radius 3 is 2.90 bits per heavy atom. The molecule has 0 saturated carbocycles. The van der Waals surface area contributed by atoms with Gasteiger partial charge in [0.2, 0.25) is 5.91 Å². The smallest absolute Gasteiger partial charge is 0.228 e. The van der Waals surface area contributed by atoms with E-state index in [1.165, 1.54) is 12.1 Å². The van der Waals surface area contributed by atoms with E-state index in [-0.39, 0.29) is 18.1 Å². The third-order valence-electron chi connectivity index (χ3n) is 3.19.